The highest BCUT2D eigenvalue weighted by Gasteiger charge is 2.16. The molecule has 2 aromatic heterocycles. The van der Waals surface area contributed by atoms with Gasteiger partial charge in [-0.25, -0.2) is 4.79 Å². The standard InChI is InChI=1S/C14H11N3O3/c1-8-12(13(18)19)20-14(16-8)17-10-6-2-4-9-5-3-7-15-11(9)10/h2-7H,1H3,(H,16,17)(H,18,19). The van der Waals surface area contributed by atoms with Gasteiger partial charge in [-0.3, -0.25) is 4.98 Å². The Hall–Kier alpha value is -2.89. The number of carbonyl (C=O) groups is 1. The maximum Gasteiger partial charge on any atom is 0.373 e. The van der Waals surface area contributed by atoms with Crippen molar-refractivity contribution in [3.05, 3.63) is 48.0 Å². The third-order valence-electron chi connectivity index (χ3n) is 2.87. The second kappa shape index (κ2) is 4.65. The van der Waals surface area contributed by atoms with Crippen LogP contribution in [0.4, 0.5) is 11.7 Å². The lowest BCUT2D eigenvalue weighted by atomic mass is 10.2. The molecule has 0 saturated heterocycles. The van der Waals surface area contributed by atoms with Crippen molar-refractivity contribution in [1.82, 2.24) is 9.97 Å². The number of aromatic nitrogens is 2. The van der Waals surface area contributed by atoms with Gasteiger partial charge in [0.25, 0.3) is 6.01 Å². The molecule has 0 saturated carbocycles. The summed E-state index contributed by atoms with van der Waals surface area (Å²) in [6.45, 7) is 1.58. The molecule has 1 aromatic carbocycles. The fourth-order valence-electron chi connectivity index (χ4n) is 1.97. The number of oxazole rings is 1. The quantitative estimate of drug-likeness (QED) is 0.760. The molecule has 0 aliphatic heterocycles. The number of nitrogens with one attached hydrogen (secondary N) is 1. The lowest BCUT2D eigenvalue weighted by molar-refractivity contribution is 0.0662. The number of pyridine rings is 1. The van der Waals surface area contributed by atoms with Crippen LogP contribution in [-0.2, 0) is 0 Å². The number of aromatic carboxylic acids is 1. The summed E-state index contributed by atoms with van der Waals surface area (Å²) in [4.78, 5) is 19.3. The average Bonchev–Trinajstić information content (AvgIpc) is 2.80. The first-order valence-electron chi connectivity index (χ1n) is 5.96. The lowest BCUT2D eigenvalue weighted by Crippen LogP contribution is -1.95. The van der Waals surface area contributed by atoms with Crippen molar-refractivity contribution in [3.63, 3.8) is 0 Å². The third kappa shape index (κ3) is 2.07. The van der Waals surface area contributed by atoms with Crippen molar-refractivity contribution >= 4 is 28.6 Å². The van der Waals surface area contributed by atoms with Gasteiger partial charge in [-0.05, 0) is 19.1 Å². The molecule has 0 fully saturated rings. The first-order valence-corrected chi connectivity index (χ1v) is 5.96. The number of anilines is 2. The van der Waals surface area contributed by atoms with E-state index in [-0.39, 0.29) is 11.8 Å². The molecule has 3 aromatic rings. The molecule has 0 bridgehead atoms. The van der Waals surface area contributed by atoms with Crippen molar-refractivity contribution in [1.29, 1.82) is 0 Å². The molecule has 0 aliphatic carbocycles. The molecule has 6 heteroatoms. The van der Waals surface area contributed by atoms with E-state index in [1.165, 1.54) is 0 Å². The Bertz CT molecular complexity index is 790. The molecule has 100 valence electrons. The van der Waals surface area contributed by atoms with E-state index in [0.717, 1.165) is 10.9 Å². The first-order chi connectivity index (χ1) is 9.65. The zero-order chi connectivity index (χ0) is 14.1. The lowest BCUT2D eigenvalue weighted by Gasteiger charge is -2.05. The van der Waals surface area contributed by atoms with E-state index in [2.05, 4.69) is 15.3 Å². The maximum atomic E-state index is 10.9. The number of hydrogen-bond acceptors (Lipinski definition) is 5. The van der Waals surface area contributed by atoms with Crippen LogP contribution < -0.4 is 5.32 Å². The SMILES string of the molecule is Cc1nc(Nc2cccc3cccnc23)oc1C(=O)O. The van der Waals surface area contributed by atoms with E-state index in [0.29, 0.717) is 11.4 Å². The second-order valence-electron chi connectivity index (χ2n) is 4.24. The Balaban J connectivity index is 2.01. The van der Waals surface area contributed by atoms with E-state index in [9.17, 15) is 4.79 Å². The van der Waals surface area contributed by atoms with Crippen LogP contribution in [0, 0.1) is 6.92 Å². The summed E-state index contributed by atoms with van der Waals surface area (Å²) in [5.74, 6) is -1.31. The van der Waals surface area contributed by atoms with Gasteiger partial charge in [-0.2, -0.15) is 4.98 Å². The molecule has 0 unspecified atom stereocenters. The molecule has 6 nitrogen and oxygen atoms in total. The zero-order valence-electron chi connectivity index (χ0n) is 10.6. The van der Waals surface area contributed by atoms with Crippen molar-refractivity contribution in [2.45, 2.75) is 6.92 Å². The molecule has 0 atom stereocenters. The summed E-state index contributed by atoms with van der Waals surface area (Å²) in [5.41, 5.74) is 1.80. The number of rotatable bonds is 3. The van der Waals surface area contributed by atoms with Crippen molar-refractivity contribution in [2.75, 3.05) is 5.32 Å². The number of nitrogens with zero attached hydrogens (tertiary/aromatic N) is 2. The van der Waals surface area contributed by atoms with Crippen molar-refractivity contribution in [3.8, 4) is 0 Å². The first kappa shape index (κ1) is 12.2. The Morgan fingerprint density at radius 1 is 1.30 bits per heavy atom. The normalized spacial score (nSPS) is 10.7. The number of aryl methyl sites for hydroxylation is 1. The molecule has 2 heterocycles. The summed E-state index contributed by atoms with van der Waals surface area (Å²) >= 11 is 0. The Morgan fingerprint density at radius 2 is 2.10 bits per heavy atom. The molecule has 0 spiro atoms. The van der Waals surface area contributed by atoms with Gasteiger partial charge in [0.15, 0.2) is 0 Å². The topological polar surface area (TPSA) is 88.3 Å². The second-order valence-corrected chi connectivity index (χ2v) is 4.24. The van der Waals surface area contributed by atoms with Crippen molar-refractivity contribution < 1.29 is 14.3 Å². The van der Waals surface area contributed by atoms with Gasteiger partial charge >= 0.3 is 5.97 Å². The van der Waals surface area contributed by atoms with E-state index in [1.54, 1.807) is 13.1 Å². The molecule has 0 radical (unpaired) electrons. The highest BCUT2D eigenvalue weighted by Crippen LogP contribution is 2.25. The number of hydrogen-bond donors (Lipinski definition) is 2. The molecule has 0 amide bonds. The Kier molecular flexibility index (Phi) is 2.83. The largest absolute Gasteiger partial charge is 0.475 e. The van der Waals surface area contributed by atoms with Crippen molar-refractivity contribution in [2.24, 2.45) is 0 Å². The fraction of sp³-hybridized carbons (Fsp3) is 0.0714. The summed E-state index contributed by atoms with van der Waals surface area (Å²) in [6.07, 6.45) is 1.69. The van der Waals surface area contributed by atoms with Crippen LogP contribution in [0.2, 0.25) is 0 Å². The van der Waals surface area contributed by atoms with E-state index < -0.39 is 5.97 Å². The van der Waals surface area contributed by atoms with E-state index in [4.69, 9.17) is 9.52 Å². The van der Waals surface area contributed by atoms with E-state index in [1.807, 2.05) is 30.3 Å². The minimum atomic E-state index is -1.14. The van der Waals surface area contributed by atoms with Gasteiger partial charge in [0, 0.05) is 11.6 Å². The molecule has 3 rings (SSSR count). The number of fused-ring (bicyclic) bond motifs is 1. The van der Waals surface area contributed by atoms with Gasteiger partial charge < -0.3 is 14.8 Å². The molecule has 0 aliphatic rings. The van der Waals surface area contributed by atoms with E-state index >= 15 is 0 Å². The van der Waals surface area contributed by atoms with Gasteiger partial charge in [0.1, 0.15) is 0 Å². The Labute approximate surface area is 114 Å². The minimum Gasteiger partial charge on any atom is -0.475 e. The summed E-state index contributed by atoms with van der Waals surface area (Å²) < 4.78 is 5.18. The highest BCUT2D eigenvalue weighted by molar-refractivity contribution is 5.91. The summed E-state index contributed by atoms with van der Waals surface area (Å²) in [6, 6.07) is 9.58. The zero-order valence-corrected chi connectivity index (χ0v) is 10.6. The van der Waals surface area contributed by atoms with Gasteiger partial charge in [0.2, 0.25) is 5.76 Å². The van der Waals surface area contributed by atoms with Gasteiger partial charge in [-0.15, -0.1) is 0 Å². The number of carboxylic acid groups (broad SMARTS) is 1. The predicted molar refractivity (Wildman–Crippen MR) is 73.2 cm³/mol. The monoisotopic (exact) mass is 269 g/mol. The minimum absolute atomic E-state index is 0.137. The predicted octanol–water partition coefficient (Wildman–Crippen LogP) is 2.97. The van der Waals surface area contributed by atoms with Crippen LogP contribution in [0.1, 0.15) is 16.2 Å². The van der Waals surface area contributed by atoms with Crippen LogP contribution in [0.3, 0.4) is 0 Å². The smallest absolute Gasteiger partial charge is 0.373 e. The number of carboxylic acids is 1. The maximum absolute atomic E-state index is 10.9. The molecular formula is C14H11N3O3. The fourth-order valence-corrected chi connectivity index (χ4v) is 1.97. The van der Waals surface area contributed by atoms with Crippen LogP contribution >= 0.6 is 0 Å². The number of benzene rings is 1. The van der Waals surface area contributed by atoms with Crippen LogP contribution in [0.15, 0.2) is 40.9 Å². The highest BCUT2D eigenvalue weighted by atomic mass is 16.4. The van der Waals surface area contributed by atoms with Crippen LogP contribution in [0.25, 0.3) is 10.9 Å². The molecular weight excluding hydrogens is 258 g/mol. The summed E-state index contributed by atoms with van der Waals surface area (Å²) in [5, 5.41) is 12.9. The average molecular weight is 269 g/mol. The number of para-hydroxylation sites is 1. The van der Waals surface area contributed by atoms with Crippen LogP contribution in [-0.4, -0.2) is 21.0 Å². The Morgan fingerprint density at radius 3 is 2.85 bits per heavy atom. The summed E-state index contributed by atoms with van der Waals surface area (Å²) in [7, 11) is 0. The third-order valence-corrected chi connectivity index (χ3v) is 2.87. The molecule has 20 heavy (non-hydrogen) atoms. The van der Waals surface area contributed by atoms with Gasteiger partial charge in [0.05, 0.1) is 16.9 Å². The van der Waals surface area contributed by atoms with Gasteiger partial charge in [-0.1, -0.05) is 18.2 Å². The van der Waals surface area contributed by atoms with Crippen LogP contribution in [0.5, 0.6) is 0 Å². The molecule has 2 N–H and O–H groups in total.